The number of pyridine rings is 1. The minimum atomic E-state index is -0.404. The number of rotatable bonds is 4. The number of hydrazine groups is 1. The third-order valence-corrected chi connectivity index (χ3v) is 6.82. The smallest absolute Gasteiger partial charge is 0.244 e. The van der Waals surface area contributed by atoms with Crippen molar-refractivity contribution < 1.29 is 9.18 Å². The maximum absolute atomic E-state index is 13.7. The Kier molecular flexibility index (Phi) is 4.54. The highest BCUT2D eigenvalue weighted by Crippen LogP contribution is 2.48. The van der Waals surface area contributed by atoms with Crippen molar-refractivity contribution in [1.82, 2.24) is 14.9 Å². The summed E-state index contributed by atoms with van der Waals surface area (Å²) in [7, 11) is 0. The number of amides is 1. The summed E-state index contributed by atoms with van der Waals surface area (Å²) in [5.74, 6) is -0.0483. The number of aromatic nitrogens is 1. The second-order valence-electron chi connectivity index (χ2n) is 8.68. The van der Waals surface area contributed by atoms with E-state index < -0.39 is 5.54 Å². The number of nitrogens with zero attached hydrogens (tertiary/aromatic N) is 3. The van der Waals surface area contributed by atoms with Crippen LogP contribution in [-0.4, -0.2) is 45.5 Å². The molecule has 2 atom stereocenters. The van der Waals surface area contributed by atoms with E-state index in [0.29, 0.717) is 11.9 Å². The molecule has 0 aliphatic carbocycles. The predicted octanol–water partition coefficient (Wildman–Crippen LogP) is 4.14. The summed E-state index contributed by atoms with van der Waals surface area (Å²) in [5.41, 5.74) is 6.85. The Balaban J connectivity index is 1.42. The topological polar surface area (TPSA) is 48.5 Å². The summed E-state index contributed by atoms with van der Waals surface area (Å²) in [6, 6.07) is 8.01. The molecule has 152 valence electrons. The molecule has 6 heteroatoms. The Labute approximate surface area is 170 Å². The Bertz CT molecular complexity index is 938. The van der Waals surface area contributed by atoms with Gasteiger partial charge in [0.05, 0.1) is 6.20 Å². The molecule has 1 N–H and O–H groups in total. The fourth-order valence-electron chi connectivity index (χ4n) is 5.31. The lowest BCUT2D eigenvalue weighted by Crippen LogP contribution is -2.75. The van der Waals surface area contributed by atoms with Gasteiger partial charge < -0.3 is 10.3 Å². The number of nitrogens with one attached hydrogen (secondary N) is 1. The highest BCUT2D eigenvalue weighted by molar-refractivity contribution is 5.88. The fraction of sp³-hybridized carbons (Fsp3) is 0.478. The van der Waals surface area contributed by atoms with Crippen molar-refractivity contribution in [2.45, 2.75) is 57.0 Å². The Morgan fingerprint density at radius 3 is 2.79 bits per heavy atom. The van der Waals surface area contributed by atoms with E-state index in [1.165, 1.54) is 12.3 Å². The van der Waals surface area contributed by atoms with Crippen molar-refractivity contribution in [1.29, 1.82) is 0 Å². The van der Waals surface area contributed by atoms with Gasteiger partial charge in [-0.2, -0.15) is 0 Å². The number of fused-ring (bicyclic) bond motifs is 2. The van der Waals surface area contributed by atoms with Crippen LogP contribution in [0.15, 0.2) is 36.7 Å². The van der Waals surface area contributed by atoms with E-state index in [9.17, 15) is 9.18 Å². The van der Waals surface area contributed by atoms with E-state index >= 15 is 0 Å². The van der Waals surface area contributed by atoms with Gasteiger partial charge in [0.15, 0.2) is 0 Å². The minimum Gasteiger partial charge on any atom is -0.341 e. The van der Waals surface area contributed by atoms with Crippen molar-refractivity contribution in [2.24, 2.45) is 0 Å². The van der Waals surface area contributed by atoms with Gasteiger partial charge in [0, 0.05) is 36.6 Å². The molecule has 0 saturated carbocycles. The van der Waals surface area contributed by atoms with Crippen LogP contribution in [0.25, 0.3) is 11.1 Å². The predicted molar refractivity (Wildman–Crippen MR) is 111 cm³/mol. The van der Waals surface area contributed by atoms with E-state index in [4.69, 9.17) is 0 Å². The summed E-state index contributed by atoms with van der Waals surface area (Å²) >= 11 is 0. The van der Waals surface area contributed by atoms with E-state index in [1.54, 1.807) is 6.20 Å². The SMILES string of the molecule is Cc1ccc(NN2C3CCCC2(C(=O)N2CCCC2)C3)cc1-c1cncc(F)c1. The number of piperidine rings is 1. The van der Waals surface area contributed by atoms with Gasteiger partial charge in [-0.25, -0.2) is 9.40 Å². The molecule has 5 rings (SSSR count). The number of likely N-dealkylation sites (tertiary alicyclic amines) is 1. The Morgan fingerprint density at radius 2 is 2.03 bits per heavy atom. The molecule has 29 heavy (non-hydrogen) atoms. The molecule has 2 unspecified atom stereocenters. The Hall–Kier alpha value is -2.47. The average Bonchev–Trinajstić information content (AvgIpc) is 3.27. The summed E-state index contributed by atoms with van der Waals surface area (Å²) < 4.78 is 13.7. The number of carbonyl (C=O) groups is 1. The molecule has 3 fully saturated rings. The number of carbonyl (C=O) groups excluding carboxylic acids is 1. The third kappa shape index (κ3) is 3.10. The van der Waals surface area contributed by atoms with Crippen molar-refractivity contribution in [2.75, 3.05) is 18.5 Å². The molecular formula is C23H27FN4O. The maximum Gasteiger partial charge on any atom is 0.244 e. The van der Waals surface area contributed by atoms with Crippen LogP contribution in [0.3, 0.4) is 0 Å². The molecule has 4 heterocycles. The van der Waals surface area contributed by atoms with Gasteiger partial charge in [-0.3, -0.25) is 9.78 Å². The van der Waals surface area contributed by atoms with Gasteiger partial charge in [-0.15, -0.1) is 0 Å². The lowest BCUT2D eigenvalue weighted by molar-refractivity contribution is -0.166. The molecule has 3 saturated heterocycles. The van der Waals surface area contributed by atoms with Crippen molar-refractivity contribution in [3.05, 3.63) is 48.0 Å². The molecule has 0 radical (unpaired) electrons. The zero-order valence-corrected chi connectivity index (χ0v) is 16.8. The summed E-state index contributed by atoms with van der Waals surface area (Å²) in [4.78, 5) is 19.4. The van der Waals surface area contributed by atoms with Crippen LogP contribution < -0.4 is 5.43 Å². The van der Waals surface area contributed by atoms with Crippen molar-refractivity contribution >= 4 is 11.6 Å². The van der Waals surface area contributed by atoms with Crippen molar-refractivity contribution in [3.8, 4) is 11.1 Å². The van der Waals surface area contributed by atoms with Gasteiger partial charge in [0.1, 0.15) is 11.4 Å². The second-order valence-corrected chi connectivity index (χ2v) is 8.68. The quantitative estimate of drug-likeness (QED) is 0.847. The van der Waals surface area contributed by atoms with Gasteiger partial charge in [0.2, 0.25) is 5.91 Å². The highest BCUT2D eigenvalue weighted by Gasteiger charge is 2.60. The van der Waals surface area contributed by atoms with Crippen LogP contribution >= 0.6 is 0 Å². The number of aryl methyl sites for hydroxylation is 1. The molecule has 2 aromatic rings. The molecule has 1 aromatic heterocycles. The molecule has 1 amide bonds. The largest absolute Gasteiger partial charge is 0.341 e. The van der Waals surface area contributed by atoms with Crippen LogP contribution in [-0.2, 0) is 4.79 Å². The van der Waals surface area contributed by atoms with Crippen LogP contribution in [0.4, 0.5) is 10.1 Å². The lowest BCUT2D eigenvalue weighted by atomic mass is 9.68. The number of anilines is 1. The maximum atomic E-state index is 13.7. The lowest BCUT2D eigenvalue weighted by Gasteiger charge is -2.61. The van der Waals surface area contributed by atoms with E-state index in [-0.39, 0.29) is 5.82 Å². The van der Waals surface area contributed by atoms with Crippen LogP contribution in [0.2, 0.25) is 0 Å². The van der Waals surface area contributed by atoms with Gasteiger partial charge in [-0.1, -0.05) is 6.07 Å². The highest BCUT2D eigenvalue weighted by atomic mass is 19.1. The minimum absolute atomic E-state index is 0.292. The van der Waals surface area contributed by atoms with Crippen LogP contribution in [0.5, 0.6) is 0 Å². The molecule has 2 bridgehead atoms. The monoisotopic (exact) mass is 394 g/mol. The first-order valence-corrected chi connectivity index (χ1v) is 10.6. The molecular weight excluding hydrogens is 367 g/mol. The van der Waals surface area contributed by atoms with Gasteiger partial charge in [-0.05, 0) is 74.8 Å². The molecule has 5 nitrogen and oxygen atoms in total. The molecule has 1 aromatic carbocycles. The first kappa shape index (κ1) is 18.6. The average molecular weight is 394 g/mol. The normalized spacial score (nSPS) is 26.3. The van der Waals surface area contributed by atoms with Crippen LogP contribution in [0, 0.1) is 12.7 Å². The number of halogens is 1. The summed E-state index contributed by atoms with van der Waals surface area (Å²) in [6.07, 6.45) is 9.22. The first-order chi connectivity index (χ1) is 14.1. The van der Waals surface area contributed by atoms with Crippen molar-refractivity contribution in [3.63, 3.8) is 0 Å². The molecule has 3 aliphatic rings. The third-order valence-electron chi connectivity index (χ3n) is 6.82. The van der Waals surface area contributed by atoms with Crippen LogP contribution in [0.1, 0.15) is 44.1 Å². The fourth-order valence-corrected chi connectivity index (χ4v) is 5.31. The van der Waals surface area contributed by atoms with E-state index in [1.807, 2.05) is 25.1 Å². The number of hydrogen-bond donors (Lipinski definition) is 1. The second kappa shape index (κ2) is 7.10. The van der Waals surface area contributed by atoms with E-state index in [0.717, 1.165) is 74.0 Å². The first-order valence-electron chi connectivity index (χ1n) is 10.6. The van der Waals surface area contributed by atoms with Gasteiger partial charge >= 0.3 is 0 Å². The number of hydrogen-bond acceptors (Lipinski definition) is 4. The summed E-state index contributed by atoms with van der Waals surface area (Å²) in [5, 5.41) is 2.20. The van der Waals surface area contributed by atoms with E-state index in [2.05, 4.69) is 20.3 Å². The molecule has 3 aliphatic heterocycles. The molecule has 0 spiro atoms. The zero-order valence-electron chi connectivity index (χ0n) is 16.8. The van der Waals surface area contributed by atoms with Gasteiger partial charge in [0.25, 0.3) is 0 Å². The zero-order chi connectivity index (χ0) is 20.0. The standard InChI is InChI=1S/C23H27FN4O/c1-16-6-7-19(12-21(16)17-11-18(24)15-25-14-17)26-28-20-5-4-8-23(28,13-20)22(29)27-9-2-3-10-27/h6-7,11-12,14-15,20,26H,2-5,8-10,13H2,1H3. The Morgan fingerprint density at radius 1 is 1.21 bits per heavy atom. The summed E-state index contributed by atoms with van der Waals surface area (Å²) in [6.45, 7) is 3.79. The number of benzene rings is 1.